The summed E-state index contributed by atoms with van der Waals surface area (Å²) in [5, 5.41) is 0.0881. The molecular weight excluding hydrogens is 213 g/mol. The zero-order valence-electron chi connectivity index (χ0n) is 7.24. The smallest absolute Gasteiger partial charge is 0.166 e. The van der Waals surface area contributed by atoms with E-state index in [-0.39, 0.29) is 17.0 Å². The van der Waals surface area contributed by atoms with Crippen LogP contribution in [-0.4, -0.2) is 0 Å². The standard InChI is InChI=1S/C10H8ClF3/c1-2-3-7-4-5-8(11)6-9(7)10(12,13)14/h2,4-6H,1,3H2. The predicted molar refractivity (Wildman–Crippen MR) is 50.4 cm³/mol. The van der Waals surface area contributed by atoms with Crippen molar-refractivity contribution in [2.75, 3.05) is 0 Å². The van der Waals surface area contributed by atoms with E-state index >= 15 is 0 Å². The van der Waals surface area contributed by atoms with Gasteiger partial charge in [-0.2, -0.15) is 13.2 Å². The maximum atomic E-state index is 12.5. The van der Waals surface area contributed by atoms with Crippen molar-refractivity contribution in [1.82, 2.24) is 0 Å². The second-order valence-corrected chi connectivity index (χ2v) is 3.23. The van der Waals surface area contributed by atoms with Crippen LogP contribution in [0.3, 0.4) is 0 Å². The summed E-state index contributed by atoms with van der Waals surface area (Å²) in [6, 6.07) is 3.74. The molecule has 1 aromatic carbocycles. The molecule has 0 aliphatic carbocycles. The Morgan fingerprint density at radius 3 is 2.50 bits per heavy atom. The van der Waals surface area contributed by atoms with Crippen LogP contribution in [-0.2, 0) is 12.6 Å². The number of alkyl halides is 3. The Morgan fingerprint density at radius 1 is 1.36 bits per heavy atom. The molecule has 14 heavy (non-hydrogen) atoms. The summed E-state index contributed by atoms with van der Waals surface area (Å²) in [7, 11) is 0. The van der Waals surface area contributed by atoms with E-state index in [1.807, 2.05) is 0 Å². The van der Waals surface area contributed by atoms with Crippen LogP contribution in [0.15, 0.2) is 30.9 Å². The summed E-state index contributed by atoms with van der Waals surface area (Å²) < 4.78 is 37.4. The minimum absolute atomic E-state index is 0.0881. The van der Waals surface area contributed by atoms with E-state index in [2.05, 4.69) is 6.58 Å². The highest BCUT2D eigenvalue weighted by atomic mass is 35.5. The van der Waals surface area contributed by atoms with Gasteiger partial charge in [0.2, 0.25) is 0 Å². The van der Waals surface area contributed by atoms with Crippen LogP contribution >= 0.6 is 11.6 Å². The van der Waals surface area contributed by atoms with Crippen molar-refractivity contribution in [3.05, 3.63) is 47.0 Å². The van der Waals surface area contributed by atoms with E-state index < -0.39 is 11.7 Å². The SMILES string of the molecule is C=CCc1ccc(Cl)cc1C(F)(F)F. The third-order valence-corrected chi connectivity index (χ3v) is 1.98. The van der Waals surface area contributed by atoms with Crippen molar-refractivity contribution in [1.29, 1.82) is 0 Å². The van der Waals surface area contributed by atoms with Gasteiger partial charge < -0.3 is 0 Å². The quantitative estimate of drug-likeness (QED) is 0.659. The van der Waals surface area contributed by atoms with Gasteiger partial charge in [-0.1, -0.05) is 23.7 Å². The predicted octanol–water partition coefficient (Wildman–Crippen LogP) is 4.09. The number of benzene rings is 1. The van der Waals surface area contributed by atoms with Crippen molar-refractivity contribution >= 4 is 11.6 Å². The Labute approximate surface area is 85.0 Å². The average molecular weight is 221 g/mol. The first-order valence-electron chi connectivity index (χ1n) is 3.91. The van der Waals surface area contributed by atoms with Crippen LogP contribution < -0.4 is 0 Å². The molecule has 0 amide bonds. The Hall–Kier alpha value is -0.960. The highest BCUT2D eigenvalue weighted by molar-refractivity contribution is 6.30. The van der Waals surface area contributed by atoms with Crippen LogP contribution in [0, 0.1) is 0 Å². The molecule has 0 bridgehead atoms. The monoisotopic (exact) mass is 220 g/mol. The molecule has 0 aliphatic heterocycles. The van der Waals surface area contributed by atoms with Crippen LogP contribution in [0.4, 0.5) is 13.2 Å². The summed E-state index contributed by atoms with van der Waals surface area (Å²) in [5.41, 5.74) is -0.498. The van der Waals surface area contributed by atoms with Crippen molar-refractivity contribution in [3.63, 3.8) is 0 Å². The number of rotatable bonds is 2. The lowest BCUT2D eigenvalue weighted by Crippen LogP contribution is -2.08. The van der Waals surface area contributed by atoms with E-state index in [0.717, 1.165) is 6.07 Å². The fourth-order valence-electron chi connectivity index (χ4n) is 1.15. The van der Waals surface area contributed by atoms with Gasteiger partial charge in [0.15, 0.2) is 0 Å². The summed E-state index contributed by atoms with van der Waals surface area (Å²) >= 11 is 5.50. The summed E-state index contributed by atoms with van der Waals surface area (Å²) in [6.45, 7) is 3.40. The molecule has 0 atom stereocenters. The van der Waals surface area contributed by atoms with E-state index in [0.29, 0.717) is 0 Å². The molecule has 0 spiro atoms. The highest BCUT2D eigenvalue weighted by Crippen LogP contribution is 2.33. The Morgan fingerprint density at radius 2 is 2.00 bits per heavy atom. The van der Waals surface area contributed by atoms with Crippen LogP contribution in [0.2, 0.25) is 5.02 Å². The molecular formula is C10H8ClF3. The summed E-state index contributed by atoms with van der Waals surface area (Å²) in [6.07, 6.45) is -2.74. The molecule has 0 aliphatic rings. The first kappa shape index (κ1) is 11.1. The van der Waals surface area contributed by atoms with E-state index in [1.54, 1.807) is 0 Å². The molecule has 0 nitrogen and oxygen atoms in total. The van der Waals surface area contributed by atoms with Crippen molar-refractivity contribution in [2.24, 2.45) is 0 Å². The molecule has 76 valence electrons. The third kappa shape index (κ3) is 2.51. The van der Waals surface area contributed by atoms with E-state index in [1.165, 1.54) is 18.2 Å². The minimum atomic E-state index is -4.36. The summed E-state index contributed by atoms with van der Waals surface area (Å²) in [4.78, 5) is 0. The maximum absolute atomic E-state index is 12.5. The fraction of sp³-hybridized carbons (Fsp3) is 0.200. The molecule has 1 aromatic rings. The van der Waals surface area contributed by atoms with E-state index in [4.69, 9.17) is 11.6 Å². The molecule has 0 unspecified atom stereocenters. The number of hydrogen-bond donors (Lipinski definition) is 0. The number of halogens is 4. The first-order valence-corrected chi connectivity index (χ1v) is 4.29. The van der Waals surface area contributed by atoms with Crippen LogP contribution in [0.25, 0.3) is 0 Å². The first-order chi connectivity index (χ1) is 6.45. The van der Waals surface area contributed by atoms with Gasteiger partial charge in [0.1, 0.15) is 0 Å². The van der Waals surface area contributed by atoms with Gasteiger partial charge in [-0.15, -0.1) is 6.58 Å². The maximum Gasteiger partial charge on any atom is 0.416 e. The van der Waals surface area contributed by atoms with Gasteiger partial charge >= 0.3 is 6.18 Å². The van der Waals surface area contributed by atoms with Gasteiger partial charge in [0, 0.05) is 5.02 Å². The molecule has 0 fully saturated rings. The van der Waals surface area contributed by atoms with Crippen LogP contribution in [0.1, 0.15) is 11.1 Å². The second-order valence-electron chi connectivity index (χ2n) is 2.79. The molecule has 1 rings (SSSR count). The zero-order valence-corrected chi connectivity index (χ0v) is 7.99. The average Bonchev–Trinajstić information content (AvgIpc) is 2.07. The van der Waals surface area contributed by atoms with Gasteiger partial charge in [0.25, 0.3) is 0 Å². The van der Waals surface area contributed by atoms with Gasteiger partial charge in [-0.3, -0.25) is 0 Å². The van der Waals surface area contributed by atoms with Gasteiger partial charge in [-0.05, 0) is 24.1 Å². The number of hydrogen-bond acceptors (Lipinski definition) is 0. The van der Waals surface area contributed by atoms with E-state index in [9.17, 15) is 13.2 Å². The van der Waals surface area contributed by atoms with Gasteiger partial charge in [-0.25, -0.2) is 0 Å². The Kier molecular flexibility index (Phi) is 3.21. The third-order valence-electron chi connectivity index (χ3n) is 1.74. The fourth-order valence-corrected chi connectivity index (χ4v) is 1.32. The topological polar surface area (TPSA) is 0 Å². The lowest BCUT2D eigenvalue weighted by Gasteiger charge is -2.11. The normalized spacial score (nSPS) is 11.4. The highest BCUT2D eigenvalue weighted by Gasteiger charge is 2.32. The molecule has 4 heteroatoms. The number of allylic oxidation sites excluding steroid dienone is 1. The van der Waals surface area contributed by atoms with Crippen molar-refractivity contribution in [2.45, 2.75) is 12.6 Å². The van der Waals surface area contributed by atoms with Crippen molar-refractivity contribution < 1.29 is 13.2 Å². The molecule has 0 aromatic heterocycles. The summed E-state index contributed by atoms with van der Waals surface area (Å²) in [5.74, 6) is 0. The molecule has 0 saturated heterocycles. The van der Waals surface area contributed by atoms with Gasteiger partial charge in [0.05, 0.1) is 5.56 Å². The minimum Gasteiger partial charge on any atom is -0.166 e. The zero-order chi connectivity index (χ0) is 10.8. The largest absolute Gasteiger partial charge is 0.416 e. The molecule has 0 heterocycles. The molecule has 0 saturated carbocycles. The Bertz CT molecular complexity index is 342. The lowest BCUT2D eigenvalue weighted by atomic mass is 10.0. The lowest BCUT2D eigenvalue weighted by molar-refractivity contribution is -0.138. The second kappa shape index (κ2) is 4.05. The van der Waals surface area contributed by atoms with Crippen LogP contribution in [0.5, 0.6) is 0 Å². The molecule has 0 radical (unpaired) electrons. The Balaban J connectivity index is 3.22. The van der Waals surface area contributed by atoms with Crippen molar-refractivity contribution in [3.8, 4) is 0 Å². The molecule has 0 N–H and O–H groups in total.